The van der Waals surface area contributed by atoms with E-state index in [-0.39, 0.29) is 6.04 Å². The van der Waals surface area contributed by atoms with E-state index in [0.717, 1.165) is 20.9 Å². The molecule has 2 aromatic rings. The van der Waals surface area contributed by atoms with Crippen LogP contribution in [-0.2, 0) is 10.8 Å². The normalized spacial score (nSPS) is 14.6. The molecule has 18 heavy (non-hydrogen) atoms. The molecule has 0 fully saturated rings. The number of hydrogen-bond acceptors (Lipinski definition) is 5. The molecule has 0 radical (unpaired) electrons. The number of rotatable bonds is 4. The molecule has 0 amide bonds. The smallest absolute Gasteiger partial charge is 0.0907 e. The Morgan fingerprint density at radius 1 is 1.56 bits per heavy atom. The third-order valence-corrected chi connectivity index (χ3v) is 4.46. The van der Waals surface area contributed by atoms with Crippen molar-refractivity contribution in [2.45, 2.75) is 19.9 Å². The van der Waals surface area contributed by atoms with Crippen molar-refractivity contribution in [1.29, 1.82) is 0 Å². The Kier molecular flexibility index (Phi) is 3.87. The lowest BCUT2D eigenvalue weighted by molar-refractivity contribution is 0.683. The van der Waals surface area contributed by atoms with Crippen molar-refractivity contribution >= 4 is 43.7 Å². The first-order chi connectivity index (χ1) is 8.45. The molecule has 0 aliphatic rings. The number of hydrogen-bond donors (Lipinski definition) is 2. The number of nitrogens with two attached hydrogens (primary N) is 1. The van der Waals surface area contributed by atoms with Gasteiger partial charge in [-0.1, -0.05) is 0 Å². The predicted octanol–water partition coefficient (Wildman–Crippen LogP) is 2.37. The summed E-state index contributed by atoms with van der Waals surface area (Å²) in [5.74, 6) is 0.605. The van der Waals surface area contributed by atoms with Crippen molar-refractivity contribution < 1.29 is 4.21 Å². The Hall–Kier alpha value is -1.14. The second kappa shape index (κ2) is 5.24. The van der Waals surface area contributed by atoms with Crippen LogP contribution in [0.1, 0.15) is 11.9 Å². The van der Waals surface area contributed by atoms with E-state index in [2.05, 4.69) is 10.3 Å². The highest BCUT2D eigenvalue weighted by Gasteiger charge is 2.09. The Labute approximate surface area is 113 Å². The molecule has 0 bridgehead atoms. The van der Waals surface area contributed by atoms with Gasteiger partial charge in [0.1, 0.15) is 0 Å². The molecule has 0 saturated heterocycles. The number of aromatic nitrogens is 1. The van der Waals surface area contributed by atoms with Gasteiger partial charge in [-0.25, -0.2) is 4.98 Å². The lowest BCUT2D eigenvalue weighted by Crippen LogP contribution is -2.22. The SMILES string of the molecule is Cc1nc2cc(NC(C)CS(C)=O)c(N)cc2s1. The molecular formula is C12H17N3OS2. The van der Waals surface area contributed by atoms with E-state index < -0.39 is 10.8 Å². The van der Waals surface area contributed by atoms with Gasteiger partial charge in [-0.15, -0.1) is 11.3 Å². The molecule has 1 aromatic heterocycles. The minimum absolute atomic E-state index is 0.121. The van der Waals surface area contributed by atoms with E-state index in [1.807, 2.05) is 26.0 Å². The van der Waals surface area contributed by atoms with Crippen LogP contribution in [0.2, 0.25) is 0 Å². The van der Waals surface area contributed by atoms with Gasteiger partial charge in [-0.2, -0.15) is 0 Å². The highest BCUT2D eigenvalue weighted by Crippen LogP contribution is 2.30. The first-order valence-corrected chi connectivity index (χ1v) is 8.23. The van der Waals surface area contributed by atoms with Gasteiger partial charge in [0.25, 0.3) is 0 Å². The molecule has 2 rings (SSSR count). The van der Waals surface area contributed by atoms with Crippen molar-refractivity contribution in [1.82, 2.24) is 4.98 Å². The number of aryl methyl sites for hydroxylation is 1. The van der Waals surface area contributed by atoms with Crippen LogP contribution in [0.5, 0.6) is 0 Å². The number of nitrogens with zero attached hydrogens (tertiary/aromatic N) is 1. The second-order valence-electron chi connectivity index (χ2n) is 4.43. The van der Waals surface area contributed by atoms with Crippen LogP contribution in [0.4, 0.5) is 11.4 Å². The summed E-state index contributed by atoms with van der Waals surface area (Å²) in [6, 6.07) is 4.02. The molecule has 98 valence electrons. The molecule has 1 heterocycles. The summed E-state index contributed by atoms with van der Waals surface area (Å²) in [4.78, 5) is 4.45. The summed E-state index contributed by atoms with van der Waals surface area (Å²) in [5.41, 5.74) is 8.55. The van der Waals surface area contributed by atoms with Crippen LogP contribution in [0.3, 0.4) is 0 Å². The molecular weight excluding hydrogens is 266 g/mol. The van der Waals surface area contributed by atoms with Crippen molar-refractivity contribution in [2.75, 3.05) is 23.1 Å². The maximum atomic E-state index is 11.2. The summed E-state index contributed by atoms with van der Waals surface area (Å²) in [6.45, 7) is 3.98. The van der Waals surface area contributed by atoms with Gasteiger partial charge in [-0.3, -0.25) is 4.21 Å². The third-order valence-electron chi connectivity index (χ3n) is 2.55. The second-order valence-corrected chi connectivity index (χ2v) is 7.14. The monoisotopic (exact) mass is 283 g/mol. The van der Waals surface area contributed by atoms with E-state index >= 15 is 0 Å². The number of thiazole rings is 1. The quantitative estimate of drug-likeness (QED) is 0.845. The topological polar surface area (TPSA) is 68.0 Å². The largest absolute Gasteiger partial charge is 0.397 e. The highest BCUT2D eigenvalue weighted by atomic mass is 32.2. The number of fused-ring (bicyclic) bond motifs is 1. The fourth-order valence-electron chi connectivity index (χ4n) is 1.89. The van der Waals surface area contributed by atoms with Crippen LogP contribution in [0, 0.1) is 6.92 Å². The summed E-state index contributed by atoms with van der Waals surface area (Å²) in [6.07, 6.45) is 1.70. The summed E-state index contributed by atoms with van der Waals surface area (Å²) in [7, 11) is -0.816. The van der Waals surface area contributed by atoms with Gasteiger partial charge in [-0.05, 0) is 26.0 Å². The van der Waals surface area contributed by atoms with Gasteiger partial charge < -0.3 is 11.1 Å². The molecule has 2 unspecified atom stereocenters. The van der Waals surface area contributed by atoms with E-state index in [4.69, 9.17) is 5.73 Å². The van der Waals surface area contributed by atoms with Gasteiger partial charge in [0.05, 0.1) is 26.6 Å². The maximum Gasteiger partial charge on any atom is 0.0907 e. The Morgan fingerprint density at radius 3 is 2.94 bits per heavy atom. The zero-order valence-corrected chi connectivity index (χ0v) is 12.3. The van der Waals surface area contributed by atoms with Crippen molar-refractivity contribution in [3.8, 4) is 0 Å². The van der Waals surface area contributed by atoms with Crippen LogP contribution < -0.4 is 11.1 Å². The standard InChI is InChI=1S/C12H17N3OS2/c1-7(6-18(3)16)14-10-5-11-12(4-9(10)13)17-8(2)15-11/h4-5,7,14H,6,13H2,1-3H3. The van der Waals surface area contributed by atoms with E-state index in [9.17, 15) is 4.21 Å². The minimum atomic E-state index is -0.816. The molecule has 0 aliphatic heterocycles. The first-order valence-electron chi connectivity index (χ1n) is 5.69. The van der Waals surface area contributed by atoms with Gasteiger partial charge >= 0.3 is 0 Å². The average molecular weight is 283 g/mol. The number of nitrogens with one attached hydrogen (secondary N) is 1. The van der Waals surface area contributed by atoms with Gasteiger partial charge in [0, 0.05) is 28.9 Å². The van der Waals surface area contributed by atoms with Crippen LogP contribution in [0.15, 0.2) is 12.1 Å². The number of nitrogen functional groups attached to an aromatic ring is 1. The zero-order chi connectivity index (χ0) is 13.3. The molecule has 0 aliphatic carbocycles. The molecule has 2 atom stereocenters. The predicted molar refractivity (Wildman–Crippen MR) is 80.8 cm³/mol. The van der Waals surface area contributed by atoms with Gasteiger partial charge in [0.15, 0.2) is 0 Å². The van der Waals surface area contributed by atoms with Crippen molar-refractivity contribution in [3.05, 3.63) is 17.1 Å². The Balaban J connectivity index is 2.27. The zero-order valence-electron chi connectivity index (χ0n) is 10.7. The average Bonchev–Trinajstić information content (AvgIpc) is 2.56. The van der Waals surface area contributed by atoms with Gasteiger partial charge in [0.2, 0.25) is 0 Å². The number of benzene rings is 1. The molecule has 0 spiro atoms. The number of anilines is 2. The lowest BCUT2D eigenvalue weighted by atomic mass is 10.2. The van der Waals surface area contributed by atoms with E-state index in [0.29, 0.717) is 11.4 Å². The summed E-state index contributed by atoms with van der Waals surface area (Å²) < 4.78 is 12.3. The Morgan fingerprint density at radius 2 is 2.28 bits per heavy atom. The van der Waals surface area contributed by atoms with E-state index in [1.54, 1.807) is 17.6 Å². The molecule has 1 aromatic carbocycles. The highest BCUT2D eigenvalue weighted by molar-refractivity contribution is 7.84. The summed E-state index contributed by atoms with van der Waals surface area (Å²) >= 11 is 1.64. The third kappa shape index (κ3) is 3.00. The fourth-order valence-corrected chi connectivity index (χ4v) is 3.53. The van der Waals surface area contributed by atoms with E-state index in [1.165, 1.54) is 0 Å². The van der Waals surface area contributed by atoms with Crippen LogP contribution in [0.25, 0.3) is 10.2 Å². The summed E-state index contributed by atoms with van der Waals surface area (Å²) in [5, 5.41) is 4.32. The fraction of sp³-hybridized carbons (Fsp3) is 0.417. The molecule has 4 nitrogen and oxygen atoms in total. The lowest BCUT2D eigenvalue weighted by Gasteiger charge is -2.15. The molecule has 6 heteroatoms. The maximum absolute atomic E-state index is 11.2. The van der Waals surface area contributed by atoms with Crippen LogP contribution >= 0.6 is 11.3 Å². The first kappa shape index (κ1) is 13.3. The van der Waals surface area contributed by atoms with Crippen molar-refractivity contribution in [3.63, 3.8) is 0 Å². The Bertz CT molecular complexity index is 594. The van der Waals surface area contributed by atoms with Crippen molar-refractivity contribution in [2.24, 2.45) is 0 Å². The molecule has 0 saturated carbocycles. The minimum Gasteiger partial charge on any atom is -0.397 e. The molecule has 3 N–H and O–H groups in total. The van der Waals surface area contributed by atoms with Crippen LogP contribution in [-0.4, -0.2) is 27.2 Å².